The zero-order valence-electron chi connectivity index (χ0n) is 15.2. The Hall–Kier alpha value is -2.70. The molecule has 0 aliphatic carbocycles. The van der Waals surface area contributed by atoms with E-state index in [9.17, 15) is 4.39 Å². The zero-order chi connectivity index (χ0) is 18.6. The predicted octanol–water partition coefficient (Wildman–Crippen LogP) is 3.80. The molecule has 1 unspecified atom stereocenters. The number of morpholine rings is 1. The van der Waals surface area contributed by atoms with Crippen molar-refractivity contribution in [3.8, 4) is 17.0 Å². The smallest absolute Gasteiger partial charge is 0.126 e. The molecule has 1 N–H and O–H groups in total. The van der Waals surface area contributed by atoms with Gasteiger partial charge in [-0.15, -0.1) is 0 Å². The second-order valence-corrected chi connectivity index (χ2v) is 6.60. The summed E-state index contributed by atoms with van der Waals surface area (Å²) in [5.41, 5.74) is 2.80. The number of nitrogens with one attached hydrogen (secondary N) is 1. The lowest BCUT2D eigenvalue weighted by Gasteiger charge is -2.34. The van der Waals surface area contributed by atoms with Gasteiger partial charge in [0.25, 0.3) is 0 Å². The van der Waals surface area contributed by atoms with Crippen LogP contribution in [0.2, 0.25) is 0 Å². The number of H-pyrrole nitrogens is 1. The highest BCUT2D eigenvalue weighted by atomic mass is 19.1. The Labute approximate surface area is 157 Å². The van der Waals surface area contributed by atoms with Crippen molar-refractivity contribution < 1.29 is 13.9 Å². The Balaban J connectivity index is 1.53. The highest BCUT2D eigenvalue weighted by molar-refractivity contribution is 5.58. The molecular formula is C21H22FN3O2. The Morgan fingerprint density at radius 2 is 2.11 bits per heavy atom. The summed E-state index contributed by atoms with van der Waals surface area (Å²) >= 11 is 0. The largest absolute Gasteiger partial charge is 0.497 e. The number of rotatable bonds is 5. The van der Waals surface area contributed by atoms with Crippen LogP contribution in [-0.4, -0.2) is 41.7 Å². The van der Waals surface area contributed by atoms with Crippen LogP contribution in [0.4, 0.5) is 4.39 Å². The average Bonchev–Trinajstić information content (AvgIpc) is 3.19. The maximum absolute atomic E-state index is 13.5. The van der Waals surface area contributed by atoms with Crippen molar-refractivity contribution in [3.63, 3.8) is 0 Å². The van der Waals surface area contributed by atoms with E-state index in [0.717, 1.165) is 35.9 Å². The first-order chi connectivity index (χ1) is 13.2. The molecule has 0 bridgehead atoms. The summed E-state index contributed by atoms with van der Waals surface area (Å²) in [5.74, 6) is 1.43. The summed E-state index contributed by atoms with van der Waals surface area (Å²) in [5, 5.41) is 0. The first-order valence-electron chi connectivity index (χ1n) is 8.98. The van der Waals surface area contributed by atoms with E-state index in [4.69, 9.17) is 9.47 Å². The van der Waals surface area contributed by atoms with Gasteiger partial charge in [0, 0.05) is 18.7 Å². The van der Waals surface area contributed by atoms with Crippen molar-refractivity contribution in [2.45, 2.75) is 12.6 Å². The van der Waals surface area contributed by atoms with E-state index in [0.29, 0.717) is 13.2 Å². The average molecular weight is 367 g/mol. The molecular weight excluding hydrogens is 345 g/mol. The van der Waals surface area contributed by atoms with Crippen molar-refractivity contribution in [1.82, 2.24) is 14.9 Å². The Morgan fingerprint density at radius 3 is 2.89 bits per heavy atom. The summed E-state index contributed by atoms with van der Waals surface area (Å²) in [6, 6.07) is 14.6. The van der Waals surface area contributed by atoms with E-state index in [2.05, 4.69) is 27.0 Å². The topological polar surface area (TPSA) is 50.4 Å². The van der Waals surface area contributed by atoms with Crippen LogP contribution < -0.4 is 4.74 Å². The third-order valence-corrected chi connectivity index (χ3v) is 4.83. The minimum atomic E-state index is -0.259. The number of halogens is 1. The molecule has 1 atom stereocenters. The molecule has 2 heterocycles. The van der Waals surface area contributed by atoms with Gasteiger partial charge in [0.05, 0.1) is 38.3 Å². The van der Waals surface area contributed by atoms with Crippen molar-refractivity contribution in [3.05, 3.63) is 71.9 Å². The number of hydrogen-bond donors (Lipinski definition) is 1. The minimum Gasteiger partial charge on any atom is -0.497 e. The lowest BCUT2D eigenvalue weighted by atomic mass is 10.1. The number of ether oxygens (including phenoxy) is 2. The van der Waals surface area contributed by atoms with Crippen LogP contribution in [-0.2, 0) is 11.3 Å². The summed E-state index contributed by atoms with van der Waals surface area (Å²) in [6.07, 6.45) is 1.75. The summed E-state index contributed by atoms with van der Waals surface area (Å²) in [7, 11) is 1.67. The summed E-state index contributed by atoms with van der Waals surface area (Å²) in [4.78, 5) is 10.2. The van der Waals surface area contributed by atoms with Crippen molar-refractivity contribution in [1.29, 1.82) is 0 Å². The standard InChI is InChI=1S/C21H22FN3O2/c1-26-18-7-5-15(6-8-18)13-25-9-10-27-14-20(25)21-23-12-19(24-21)16-3-2-4-17(22)11-16/h2-8,11-12,20H,9-10,13-14H2,1H3,(H,23,24). The fourth-order valence-corrected chi connectivity index (χ4v) is 3.35. The normalized spacial score (nSPS) is 17.8. The van der Waals surface area contributed by atoms with E-state index < -0.39 is 0 Å². The van der Waals surface area contributed by atoms with Crippen LogP contribution in [0.3, 0.4) is 0 Å². The molecule has 27 heavy (non-hydrogen) atoms. The minimum absolute atomic E-state index is 0.0307. The Morgan fingerprint density at radius 1 is 1.26 bits per heavy atom. The van der Waals surface area contributed by atoms with Gasteiger partial charge in [0.2, 0.25) is 0 Å². The van der Waals surface area contributed by atoms with Gasteiger partial charge in [0.15, 0.2) is 0 Å². The van der Waals surface area contributed by atoms with Crippen LogP contribution in [0.5, 0.6) is 5.75 Å². The van der Waals surface area contributed by atoms with Gasteiger partial charge in [-0.1, -0.05) is 24.3 Å². The predicted molar refractivity (Wildman–Crippen MR) is 101 cm³/mol. The van der Waals surface area contributed by atoms with Crippen molar-refractivity contribution >= 4 is 0 Å². The van der Waals surface area contributed by atoms with E-state index >= 15 is 0 Å². The fourth-order valence-electron chi connectivity index (χ4n) is 3.35. The molecule has 1 aliphatic rings. The molecule has 1 fully saturated rings. The first-order valence-corrected chi connectivity index (χ1v) is 8.98. The highest BCUT2D eigenvalue weighted by Gasteiger charge is 2.27. The Kier molecular flexibility index (Phi) is 5.18. The van der Waals surface area contributed by atoms with Gasteiger partial charge < -0.3 is 14.5 Å². The van der Waals surface area contributed by atoms with E-state index in [-0.39, 0.29) is 11.9 Å². The van der Waals surface area contributed by atoms with Gasteiger partial charge in [0.1, 0.15) is 17.4 Å². The SMILES string of the molecule is COc1ccc(CN2CCOCC2c2ncc(-c3cccc(F)c3)[nH]2)cc1. The maximum atomic E-state index is 13.5. The molecule has 1 aromatic heterocycles. The van der Waals surface area contributed by atoms with Crippen molar-refractivity contribution in [2.75, 3.05) is 26.9 Å². The number of nitrogens with zero attached hydrogens (tertiary/aromatic N) is 2. The van der Waals surface area contributed by atoms with Crippen LogP contribution >= 0.6 is 0 Å². The van der Waals surface area contributed by atoms with Crippen LogP contribution in [0.15, 0.2) is 54.7 Å². The molecule has 0 saturated carbocycles. The lowest BCUT2D eigenvalue weighted by molar-refractivity contribution is -0.0156. The quantitative estimate of drug-likeness (QED) is 0.745. The molecule has 0 amide bonds. The summed E-state index contributed by atoms with van der Waals surface area (Å²) < 4.78 is 24.4. The molecule has 6 heteroatoms. The van der Waals surface area contributed by atoms with E-state index in [1.807, 2.05) is 18.2 Å². The molecule has 2 aromatic carbocycles. The molecule has 1 saturated heterocycles. The molecule has 0 spiro atoms. The number of methoxy groups -OCH3 is 1. The van der Waals surface area contributed by atoms with Crippen molar-refractivity contribution in [2.24, 2.45) is 0 Å². The highest BCUT2D eigenvalue weighted by Crippen LogP contribution is 2.27. The first kappa shape index (κ1) is 17.7. The second kappa shape index (κ2) is 7.90. The van der Waals surface area contributed by atoms with E-state index in [1.165, 1.54) is 17.7 Å². The second-order valence-electron chi connectivity index (χ2n) is 6.60. The fraction of sp³-hybridized carbons (Fsp3) is 0.286. The van der Waals surface area contributed by atoms with Crippen LogP contribution in [0.25, 0.3) is 11.3 Å². The molecule has 140 valence electrons. The molecule has 5 nitrogen and oxygen atoms in total. The number of benzene rings is 2. The van der Waals surface area contributed by atoms with Gasteiger partial charge in [-0.25, -0.2) is 9.37 Å². The van der Waals surface area contributed by atoms with Gasteiger partial charge in [-0.3, -0.25) is 4.90 Å². The van der Waals surface area contributed by atoms with Gasteiger partial charge in [-0.2, -0.15) is 0 Å². The maximum Gasteiger partial charge on any atom is 0.126 e. The zero-order valence-corrected chi connectivity index (χ0v) is 15.2. The third-order valence-electron chi connectivity index (χ3n) is 4.83. The third kappa shape index (κ3) is 4.02. The lowest BCUT2D eigenvalue weighted by Crippen LogP contribution is -2.39. The molecule has 0 radical (unpaired) electrons. The molecule has 3 aromatic rings. The number of hydrogen-bond acceptors (Lipinski definition) is 4. The van der Waals surface area contributed by atoms with Crippen LogP contribution in [0.1, 0.15) is 17.4 Å². The number of imidazole rings is 1. The van der Waals surface area contributed by atoms with Crippen LogP contribution in [0, 0.1) is 5.82 Å². The Bertz CT molecular complexity index is 894. The monoisotopic (exact) mass is 367 g/mol. The number of aromatic nitrogens is 2. The summed E-state index contributed by atoms with van der Waals surface area (Å²) in [6.45, 7) is 2.90. The van der Waals surface area contributed by atoms with Gasteiger partial charge >= 0.3 is 0 Å². The molecule has 1 aliphatic heterocycles. The van der Waals surface area contributed by atoms with Gasteiger partial charge in [-0.05, 0) is 29.8 Å². The molecule has 4 rings (SSSR count). The number of aromatic amines is 1. The van der Waals surface area contributed by atoms with E-state index in [1.54, 1.807) is 19.4 Å².